The normalized spacial score (nSPS) is 23.2. The van der Waals surface area contributed by atoms with Gasteiger partial charge in [-0.3, -0.25) is 19.4 Å². The monoisotopic (exact) mass is 380 g/mol. The third-order valence-electron chi connectivity index (χ3n) is 4.75. The van der Waals surface area contributed by atoms with E-state index in [2.05, 4.69) is 4.98 Å². The Labute approximate surface area is 151 Å². The lowest BCUT2D eigenvalue weighted by Crippen LogP contribution is -2.43. The fourth-order valence-corrected chi connectivity index (χ4v) is 5.16. The maximum absolute atomic E-state index is 12.8. The second kappa shape index (κ2) is 7.12. The second-order valence-electron chi connectivity index (χ2n) is 6.41. The third kappa shape index (κ3) is 3.34. The predicted octanol–water partition coefficient (Wildman–Crippen LogP) is -0.720. The Morgan fingerprint density at radius 3 is 2.73 bits per heavy atom. The number of fused-ring (bicyclic) bond motifs is 1. The second-order valence-corrected chi connectivity index (χ2v) is 8.30. The van der Waals surface area contributed by atoms with Crippen LogP contribution in [0.15, 0.2) is 29.4 Å². The van der Waals surface area contributed by atoms with E-state index in [0.717, 1.165) is 0 Å². The highest BCUT2D eigenvalue weighted by Crippen LogP contribution is 2.34. The van der Waals surface area contributed by atoms with Gasteiger partial charge in [-0.1, -0.05) is 0 Å². The van der Waals surface area contributed by atoms with Gasteiger partial charge < -0.3 is 10.6 Å². The smallest absolute Gasteiger partial charge is 0.245 e. The van der Waals surface area contributed by atoms with Crippen molar-refractivity contribution in [3.05, 3.63) is 24.5 Å². The molecule has 2 atom stereocenters. The minimum absolute atomic E-state index is 0.0275. The first kappa shape index (κ1) is 18.5. The Morgan fingerprint density at radius 2 is 2.08 bits per heavy atom. The van der Waals surface area contributed by atoms with Gasteiger partial charge in [-0.05, 0) is 25.0 Å². The molecule has 26 heavy (non-hydrogen) atoms. The fourth-order valence-electron chi connectivity index (χ4n) is 3.57. The molecule has 0 saturated carbocycles. The summed E-state index contributed by atoms with van der Waals surface area (Å²) in [6.07, 6.45) is 3.64. The summed E-state index contributed by atoms with van der Waals surface area (Å²) in [4.78, 5) is 40.9. The number of amides is 2. The molecule has 2 aliphatic rings. The Balaban J connectivity index is 1.75. The van der Waals surface area contributed by atoms with Gasteiger partial charge >= 0.3 is 0 Å². The average Bonchev–Trinajstić information content (AvgIpc) is 3.17. The van der Waals surface area contributed by atoms with Crippen molar-refractivity contribution in [2.24, 2.45) is 5.73 Å². The number of primary amides is 1. The van der Waals surface area contributed by atoms with Crippen LogP contribution in [-0.2, 0) is 24.4 Å². The van der Waals surface area contributed by atoms with Gasteiger partial charge in [0, 0.05) is 31.8 Å². The molecule has 2 N–H and O–H groups in total. The average molecular weight is 380 g/mol. The molecule has 2 unspecified atom stereocenters. The summed E-state index contributed by atoms with van der Waals surface area (Å²) in [6.45, 7) is 0.0627. The van der Waals surface area contributed by atoms with E-state index in [0.29, 0.717) is 19.4 Å². The van der Waals surface area contributed by atoms with E-state index in [-0.39, 0.29) is 36.0 Å². The molecule has 10 heteroatoms. The number of carbonyl (C=O) groups excluding carboxylic acids is 3. The van der Waals surface area contributed by atoms with Crippen LogP contribution in [0.1, 0.15) is 25.7 Å². The molecule has 2 amide bonds. The van der Waals surface area contributed by atoms with Gasteiger partial charge in [-0.25, -0.2) is 8.42 Å². The van der Waals surface area contributed by atoms with Gasteiger partial charge in [0.15, 0.2) is 5.78 Å². The lowest BCUT2D eigenvalue weighted by molar-refractivity contribution is -0.136. The number of carbonyl (C=O) groups is 3. The number of rotatable bonds is 6. The molecule has 0 bridgehead atoms. The molecule has 0 radical (unpaired) electrons. The number of nitrogens with two attached hydrogens (primary N) is 1. The summed E-state index contributed by atoms with van der Waals surface area (Å²) in [5.74, 6) is -1.03. The standard InChI is InChI=1S/C16H20N4O5S/c17-14(22)4-1-5-15(23)19-8-6-12-16(19)13(21)10-20(12)26(24,25)11-3-2-7-18-9-11/h2-3,7,9,12,16H,1,4-6,8,10H2,(H2,17,22). The molecule has 1 aromatic heterocycles. The predicted molar refractivity (Wildman–Crippen MR) is 90.1 cm³/mol. The molecule has 3 rings (SSSR count). The lowest BCUT2D eigenvalue weighted by Gasteiger charge is -2.24. The number of nitrogens with zero attached hydrogens (tertiary/aromatic N) is 3. The van der Waals surface area contributed by atoms with E-state index in [1.54, 1.807) is 0 Å². The summed E-state index contributed by atoms with van der Waals surface area (Å²) >= 11 is 0. The van der Waals surface area contributed by atoms with Crippen LogP contribution in [0.3, 0.4) is 0 Å². The van der Waals surface area contributed by atoms with Crippen LogP contribution in [0.25, 0.3) is 0 Å². The topological polar surface area (TPSA) is 131 Å². The molecule has 2 saturated heterocycles. The van der Waals surface area contributed by atoms with Crippen molar-refractivity contribution in [2.75, 3.05) is 13.1 Å². The number of sulfonamides is 1. The molecule has 0 aromatic carbocycles. The first-order valence-electron chi connectivity index (χ1n) is 8.34. The van der Waals surface area contributed by atoms with Crippen LogP contribution < -0.4 is 5.73 Å². The first-order valence-corrected chi connectivity index (χ1v) is 9.78. The van der Waals surface area contributed by atoms with Gasteiger partial charge in [-0.15, -0.1) is 0 Å². The van der Waals surface area contributed by atoms with E-state index in [4.69, 9.17) is 5.73 Å². The highest BCUT2D eigenvalue weighted by molar-refractivity contribution is 7.89. The molecule has 9 nitrogen and oxygen atoms in total. The zero-order valence-electron chi connectivity index (χ0n) is 14.1. The molecule has 3 heterocycles. The van der Waals surface area contributed by atoms with Crippen LogP contribution >= 0.6 is 0 Å². The number of aromatic nitrogens is 1. The molecular formula is C16H20N4O5S. The minimum Gasteiger partial charge on any atom is -0.370 e. The maximum Gasteiger partial charge on any atom is 0.245 e. The first-order chi connectivity index (χ1) is 12.3. The van der Waals surface area contributed by atoms with Crippen LogP contribution in [0, 0.1) is 0 Å². The number of Topliss-reactive ketones (excluding diaryl/α,β-unsaturated/α-hetero) is 1. The van der Waals surface area contributed by atoms with Crippen LogP contribution in [0.5, 0.6) is 0 Å². The van der Waals surface area contributed by atoms with Gasteiger partial charge in [0.1, 0.15) is 10.9 Å². The summed E-state index contributed by atoms with van der Waals surface area (Å²) in [5.41, 5.74) is 5.06. The Morgan fingerprint density at radius 1 is 1.31 bits per heavy atom. The minimum atomic E-state index is -3.85. The van der Waals surface area contributed by atoms with Gasteiger partial charge in [0.05, 0.1) is 12.6 Å². The Kier molecular flexibility index (Phi) is 5.05. The van der Waals surface area contributed by atoms with Crippen molar-refractivity contribution in [3.63, 3.8) is 0 Å². The van der Waals surface area contributed by atoms with E-state index < -0.39 is 28.0 Å². The fraction of sp³-hybridized carbons (Fsp3) is 0.500. The van der Waals surface area contributed by atoms with Crippen LogP contribution in [0.2, 0.25) is 0 Å². The zero-order chi connectivity index (χ0) is 18.9. The molecule has 1 aromatic rings. The summed E-state index contributed by atoms with van der Waals surface area (Å²) < 4.78 is 26.8. The maximum atomic E-state index is 12.8. The van der Waals surface area contributed by atoms with Crippen molar-refractivity contribution in [2.45, 2.75) is 42.7 Å². The number of hydrogen-bond acceptors (Lipinski definition) is 6. The number of likely N-dealkylation sites (tertiary alicyclic amines) is 1. The van der Waals surface area contributed by atoms with Gasteiger partial charge in [0.2, 0.25) is 21.8 Å². The lowest BCUT2D eigenvalue weighted by atomic mass is 10.1. The SMILES string of the molecule is NC(=O)CCCC(=O)N1CCC2C1C(=O)CN2S(=O)(=O)c1cccnc1. The molecular weight excluding hydrogens is 360 g/mol. The summed E-state index contributed by atoms with van der Waals surface area (Å²) in [5, 5.41) is 0. The number of ketones is 1. The molecule has 2 fully saturated rings. The highest BCUT2D eigenvalue weighted by atomic mass is 32.2. The van der Waals surface area contributed by atoms with Crippen LogP contribution in [0.4, 0.5) is 0 Å². The van der Waals surface area contributed by atoms with Gasteiger partial charge in [-0.2, -0.15) is 4.31 Å². The van der Waals surface area contributed by atoms with E-state index in [9.17, 15) is 22.8 Å². The van der Waals surface area contributed by atoms with E-state index in [1.165, 1.54) is 33.7 Å². The zero-order valence-corrected chi connectivity index (χ0v) is 14.9. The highest BCUT2D eigenvalue weighted by Gasteiger charge is 2.53. The number of pyridine rings is 1. The molecule has 0 aliphatic carbocycles. The molecule has 2 aliphatic heterocycles. The van der Waals surface area contributed by atoms with Crippen molar-refractivity contribution >= 4 is 27.6 Å². The van der Waals surface area contributed by atoms with Crippen molar-refractivity contribution in [1.29, 1.82) is 0 Å². The third-order valence-corrected chi connectivity index (χ3v) is 6.61. The van der Waals surface area contributed by atoms with E-state index in [1.807, 2.05) is 0 Å². The summed E-state index contributed by atoms with van der Waals surface area (Å²) in [6, 6.07) is 1.63. The van der Waals surface area contributed by atoms with Crippen LogP contribution in [-0.4, -0.2) is 65.4 Å². The van der Waals surface area contributed by atoms with E-state index >= 15 is 0 Å². The summed E-state index contributed by atoms with van der Waals surface area (Å²) in [7, 11) is -3.85. The quantitative estimate of drug-likeness (QED) is 0.693. The molecule has 140 valence electrons. The van der Waals surface area contributed by atoms with Gasteiger partial charge in [0.25, 0.3) is 0 Å². The van der Waals surface area contributed by atoms with Crippen molar-refractivity contribution in [3.8, 4) is 0 Å². The number of hydrogen-bond donors (Lipinski definition) is 1. The van der Waals surface area contributed by atoms with Crippen molar-refractivity contribution in [1.82, 2.24) is 14.2 Å². The Hall–Kier alpha value is -2.33. The Bertz CT molecular complexity index is 826. The largest absolute Gasteiger partial charge is 0.370 e. The molecule has 0 spiro atoms. The van der Waals surface area contributed by atoms with Crippen molar-refractivity contribution < 1.29 is 22.8 Å².